The molecule has 4 nitrogen and oxygen atoms in total. The standard InChI is InChI=1S/C10H6BrClN2O2/c11-6-2-1-5(3-7(6)12)9-13-4-8(14-9)10(15)16/h1-4H,(H,13,14)(H,15,16). The number of benzene rings is 1. The van der Waals surface area contributed by atoms with Crippen LogP contribution in [0.25, 0.3) is 11.4 Å². The highest BCUT2D eigenvalue weighted by Gasteiger charge is 2.09. The van der Waals surface area contributed by atoms with Gasteiger partial charge in [-0.15, -0.1) is 0 Å². The van der Waals surface area contributed by atoms with Crippen molar-refractivity contribution in [3.8, 4) is 11.4 Å². The number of nitrogens with one attached hydrogen (secondary N) is 1. The van der Waals surface area contributed by atoms with Crippen molar-refractivity contribution >= 4 is 33.5 Å². The molecule has 0 aliphatic heterocycles. The van der Waals surface area contributed by atoms with Gasteiger partial charge in [-0.25, -0.2) is 9.78 Å². The van der Waals surface area contributed by atoms with Crippen molar-refractivity contribution in [2.75, 3.05) is 0 Å². The molecule has 0 aliphatic carbocycles. The number of carboxylic acid groups (broad SMARTS) is 1. The Labute approximate surface area is 104 Å². The summed E-state index contributed by atoms with van der Waals surface area (Å²) in [5.41, 5.74) is 0.787. The molecule has 16 heavy (non-hydrogen) atoms. The summed E-state index contributed by atoms with van der Waals surface area (Å²) >= 11 is 9.20. The SMILES string of the molecule is O=C(O)c1cnc(-c2ccc(Br)c(Cl)c2)[nH]1. The van der Waals surface area contributed by atoms with Crippen LogP contribution in [0.5, 0.6) is 0 Å². The van der Waals surface area contributed by atoms with Crippen LogP contribution in [0.2, 0.25) is 5.02 Å². The number of aromatic amines is 1. The number of aromatic carboxylic acids is 1. The number of aromatic nitrogens is 2. The van der Waals surface area contributed by atoms with E-state index in [1.807, 2.05) is 0 Å². The Kier molecular flexibility index (Phi) is 2.98. The summed E-state index contributed by atoms with van der Waals surface area (Å²) in [6, 6.07) is 5.27. The molecule has 2 aromatic rings. The molecule has 0 bridgehead atoms. The Morgan fingerprint density at radius 2 is 2.25 bits per heavy atom. The van der Waals surface area contributed by atoms with Crippen molar-refractivity contribution in [3.05, 3.63) is 39.6 Å². The monoisotopic (exact) mass is 300 g/mol. The molecule has 0 fully saturated rings. The third-order valence-electron chi connectivity index (χ3n) is 2.00. The minimum Gasteiger partial charge on any atom is -0.477 e. The summed E-state index contributed by atoms with van der Waals surface area (Å²) in [4.78, 5) is 17.3. The molecule has 0 amide bonds. The Morgan fingerprint density at radius 3 is 2.81 bits per heavy atom. The van der Waals surface area contributed by atoms with E-state index >= 15 is 0 Å². The highest BCUT2D eigenvalue weighted by molar-refractivity contribution is 9.10. The number of hydrogen-bond donors (Lipinski definition) is 2. The van der Waals surface area contributed by atoms with Crippen LogP contribution in [0.1, 0.15) is 10.5 Å². The van der Waals surface area contributed by atoms with Crippen molar-refractivity contribution in [2.45, 2.75) is 0 Å². The minimum absolute atomic E-state index is 0.0500. The van der Waals surface area contributed by atoms with Gasteiger partial charge >= 0.3 is 5.97 Å². The van der Waals surface area contributed by atoms with Gasteiger partial charge in [-0.1, -0.05) is 17.7 Å². The molecule has 0 aliphatic rings. The van der Waals surface area contributed by atoms with Crippen LogP contribution in [0.4, 0.5) is 0 Å². The van der Waals surface area contributed by atoms with Crippen molar-refractivity contribution < 1.29 is 9.90 Å². The van der Waals surface area contributed by atoms with Crippen LogP contribution in [0.3, 0.4) is 0 Å². The molecule has 2 rings (SSSR count). The molecule has 0 saturated carbocycles. The van der Waals surface area contributed by atoms with Crippen LogP contribution in [-0.4, -0.2) is 21.0 Å². The predicted molar refractivity (Wildman–Crippen MR) is 63.7 cm³/mol. The van der Waals surface area contributed by atoms with Gasteiger partial charge < -0.3 is 10.1 Å². The largest absolute Gasteiger partial charge is 0.477 e. The number of H-pyrrole nitrogens is 1. The summed E-state index contributed by atoms with van der Waals surface area (Å²) in [6.07, 6.45) is 1.27. The normalized spacial score (nSPS) is 10.4. The van der Waals surface area contributed by atoms with Crippen molar-refractivity contribution in [2.24, 2.45) is 0 Å². The molecule has 0 unspecified atom stereocenters. The lowest BCUT2D eigenvalue weighted by molar-refractivity contribution is 0.0691. The van der Waals surface area contributed by atoms with Gasteiger partial charge in [-0.2, -0.15) is 0 Å². The zero-order chi connectivity index (χ0) is 11.7. The Balaban J connectivity index is 2.42. The summed E-state index contributed by atoms with van der Waals surface area (Å²) in [6.45, 7) is 0. The fourth-order valence-corrected chi connectivity index (χ4v) is 1.65. The van der Waals surface area contributed by atoms with Crippen LogP contribution in [-0.2, 0) is 0 Å². The van der Waals surface area contributed by atoms with E-state index in [1.165, 1.54) is 6.20 Å². The second-order valence-corrected chi connectivity index (χ2v) is 4.34. The zero-order valence-electron chi connectivity index (χ0n) is 7.87. The quantitative estimate of drug-likeness (QED) is 0.895. The summed E-state index contributed by atoms with van der Waals surface area (Å²) in [5.74, 6) is -0.561. The van der Waals surface area contributed by atoms with Gasteiger partial charge in [0.25, 0.3) is 0 Å². The highest BCUT2D eigenvalue weighted by Crippen LogP contribution is 2.27. The number of imidazole rings is 1. The minimum atomic E-state index is -1.04. The number of hydrogen-bond acceptors (Lipinski definition) is 2. The van der Waals surface area contributed by atoms with Gasteiger partial charge in [0.2, 0.25) is 0 Å². The molecular formula is C10H6BrClN2O2. The molecule has 0 radical (unpaired) electrons. The molecule has 0 atom stereocenters. The first-order valence-corrected chi connectivity index (χ1v) is 5.49. The van der Waals surface area contributed by atoms with Gasteiger partial charge in [0.05, 0.1) is 11.2 Å². The van der Waals surface area contributed by atoms with Gasteiger partial charge in [0.1, 0.15) is 11.5 Å². The third kappa shape index (κ3) is 2.10. The van der Waals surface area contributed by atoms with Crippen molar-refractivity contribution in [3.63, 3.8) is 0 Å². The lowest BCUT2D eigenvalue weighted by Gasteiger charge is -1.99. The molecule has 1 aromatic carbocycles. The Morgan fingerprint density at radius 1 is 1.50 bits per heavy atom. The summed E-state index contributed by atoms with van der Waals surface area (Å²) < 4.78 is 0.780. The Hall–Kier alpha value is -1.33. The van der Waals surface area contributed by atoms with Crippen LogP contribution < -0.4 is 0 Å². The first kappa shape index (κ1) is 11.2. The molecule has 82 valence electrons. The molecule has 1 heterocycles. The second kappa shape index (κ2) is 4.27. The van der Waals surface area contributed by atoms with E-state index in [0.29, 0.717) is 10.8 Å². The summed E-state index contributed by atoms with van der Waals surface area (Å²) in [5, 5.41) is 9.29. The highest BCUT2D eigenvalue weighted by atomic mass is 79.9. The lowest BCUT2D eigenvalue weighted by Crippen LogP contribution is -1.95. The molecule has 6 heteroatoms. The fourth-order valence-electron chi connectivity index (χ4n) is 1.22. The predicted octanol–water partition coefficient (Wildman–Crippen LogP) is 3.19. The molecular weight excluding hydrogens is 295 g/mol. The Bertz CT molecular complexity index is 554. The number of nitrogens with zero attached hydrogens (tertiary/aromatic N) is 1. The van der Waals surface area contributed by atoms with E-state index < -0.39 is 5.97 Å². The van der Waals surface area contributed by atoms with Crippen LogP contribution >= 0.6 is 27.5 Å². The van der Waals surface area contributed by atoms with E-state index in [1.54, 1.807) is 18.2 Å². The molecule has 0 saturated heterocycles. The maximum Gasteiger partial charge on any atom is 0.353 e. The van der Waals surface area contributed by atoms with Crippen molar-refractivity contribution in [1.29, 1.82) is 0 Å². The smallest absolute Gasteiger partial charge is 0.353 e. The first-order chi connectivity index (χ1) is 7.58. The third-order valence-corrected chi connectivity index (χ3v) is 3.23. The maximum absolute atomic E-state index is 10.7. The molecule has 1 aromatic heterocycles. The van der Waals surface area contributed by atoms with E-state index in [2.05, 4.69) is 25.9 Å². The van der Waals surface area contributed by atoms with Gasteiger partial charge in [0, 0.05) is 10.0 Å². The average molecular weight is 302 g/mol. The number of halogens is 2. The number of rotatable bonds is 2. The van der Waals surface area contributed by atoms with E-state index in [-0.39, 0.29) is 5.69 Å². The van der Waals surface area contributed by atoms with E-state index in [9.17, 15) is 4.79 Å². The summed E-state index contributed by atoms with van der Waals surface area (Å²) in [7, 11) is 0. The average Bonchev–Trinajstić information content (AvgIpc) is 2.71. The maximum atomic E-state index is 10.7. The zero-order valence-corrected chi connectivity index (χ0v) is 10.2. The lowest BCUT2D eigenvalue weighted by atomic mass is 10.2. The second-order valence-electron chi connectivity index (χ2n) is 3.08. The van der Waals surface area contributed by atoms with Gasteiger partial charge in [-0.3, -0.25) is 0 Å². The van der Waals surface area contributed by atoms with Crippen molar-refractivity contribution in [1.82, 2.24) is 9.97 Å². The van der Waals surface area contributed by atoms with Gasteiger partial charge in [-0.05, 0) is 28.1 Å². The first-order valence-electron chi connectivity index (χ1n) is 4.31. The van der Waals surface area contributed by atoms with Gasteiger partial charge in [0.15, 0.2) is 0 Å². The molecule has 2 N–H and O–H groups in total. The fraction of sp³-hybridized carbons (Fsp3) is 0. The number of carbonyl (C=O) groups is 1. The van der Waals surface area contributed by atoms with E-state index in [4.69, 9.17) is 16.7 Å². The van der Waals surface area contributed by atoms with E-state index in [0.717, 1.165) is 10.0 Å². The van der Waals surface area contributed by atoms with Crippen LogP contribution in [0.15, 0.2) is 28.9 Å². The topological polar surface area (TPSA) is 66.0 Å². The van der Waals surface area contributed by atoms with Crippen LogP contribution in [0, 0.1) is 0 Å². The number of carboxylic acids is 1. The molecule has 0 spiro atoms.